The van der Waals surface area contributed by atoms with Crippen LogP contribution in [0, 0.1) is 0 Å². The number of nitrogens with one attached hydrogen (secondary N) is 2. The van der Waals surface area contributed by atoms with Crippen molar-refractivity contribution in [1.82, 2.24) is 25.3 Å². The van der Waals surface area contributed by atoms with Gasteiger partial charge in [-0.3, -0.25) is 14.4 Å². The van der Waals surface area contributed by atoms with E-state index in [4.69, 9.17) is 9.47 Å². The highest BCUT2D eigenvalue weighted by molar-refractivity contribution is 5.85. The average Bonchev–Trinajstić information content (AvgIpc) is 3.16. The Morgan fingerprint density at radius 3 is 2.40 bits per heavy atom. The Labute approximate surface area is 190 Å². The quantitative estimate of drug-likeness (QED) is 0.625. The van der Waals surface area contributed by atoms with Crippen LogP contribution >= 0.6 is 24.8 Å². The van der Waals surface area contributed by atoms with Crippen LogP contribution < -0.4 is 15.4 Å². The molecular weight excluding hydrogens is 429 g/mol. The van der Waals surface area contributed by atoms with Crippen LogP contribution in [0.5, 0.6) is 5.75 Å². The van der Waals surface area contributed by atoms with Gasteiger partial charge in [-0.1, -0.05) is 12.1 Å². The van der Waals surface area contributed by atoms with Crippen LogP contribution in [0.25, 0.3) is 0 Å². The first kappa shape index (κ1) is 26.2. The van der Waals surface area contributed by atoms with E-state index in [1.807, 2.05) is 25.4 Å². The lowest BCUT2D eigenvalue weighted by Crippen LogP contribution is -2.45. The number of nitrogens with zero attached hydrogens (tertiary/aromatic N) is 3. The summed E-state index contributed by atoms with van der Waals surface area (Å²) in [5.74, 6) is 0.752. The van der Waals surface area contributed by atoms with Gasteiger partial charge in [-0.2, -0.15) is 5.10 Å². The molecule has 30 heavy (non-hydrogen) atoms. The van der Waals surface area contributed by atoms with Crippen molar-refractivity contribution in [3.05, 3.63) is 47.8 Å². The molecule has 0 bridgehead atoms. The Balaban J connectivity index is 0.00000225. The molecule has 1 aliphatic rings. The summed E-state index contributed by atoms with van der Waals surface area (Å²) in [5, 5.41) is 10.4. The molecule has 2 aromatic rings. The third-order valence-corrected chi connectivity index (χ3v) is 5.07. The molecule has 0 saturated carbocycles. The van der Waals surface area contributed by atoms with Crippen molar-refractivity contribution in [3.8, 4) is 5.75 Å². The number of likely N-dealkylation sites (N-methyl/N-ethyl adjacent to an activating group) is 1. The Bertz CT molecular complexity index is 766. The first-order chi connectivity index (χ1) is 13.6. The Morgan fingerprint density at radius 2 is 1.87 bits per heavy atom. The molecule has 1 fully saturated rings. The number of morpholine rings is 1. The minimum atomic E-state index is -0.435. The highest BCUT2D eigenvalue weighted by atomic mass is 35.5. The summed E-state index contributed by atoms with van der Waals surface area (Å²) in [5.41, 5.74) is 1.99. The fourth-order valence-electron chi connectivity index (χ4n) is 3.51. The molecule has 1 aromatic heterocycles. The zero-order valence-electron chi connectivity index (χ0n) is 17.5. The smallest absolute Gasteiger partial charge is 0.241 e. The number of methoxy groups -OCH3 is 1. The molecule has 168 valence electrons. The number of carbonyl (C=O) groups is 1. The van der Waals surface area contributed by atoms with Gasteiger partial charge >= 0.3 is 0 Å². The Kier molecular flexibility index (Phi) is 11.1. The number of amides is 1. The first-order valence-corrected chi connectivity index (χ1v) is 9.51. The molecule has 2 unspecified atom stereocenters. The third-order valence-electron chi connectivity index (χ3n) is 5.07. The molecule has 2 atom stereocenters. The summed E-state index contributed by atoms with van der Waals surface area (Å²) >= 11 is 0. The summed E-state index contributed by atoms with van der Waals surface area (Å²) < 4.78 is 12.5. The molecule has 8 nitrogen and oxygen atoms in total. The average molecular weight is 460 g/mol. The van der Waals surface area contributed by atoms with Crippen LogP contribution in [0.1, 0.15) is 23.2 Å². The van der Waals surface area contributed by atoms with Crippen molar-refractivity contribution in [2.45, 2.75) is 12.1 Å². The van der Waals surface area contributed by atoms with Gasteiger partial charge in [0.25, 0.3) is 0 Å². The van der Waals surface area contributed by atoms with Gasteiger partial charge in [-0.15, -0.1) is 24.8 Å². The second kappa shape index (κ2) is 12.8. The van der Waals surface area contributed by atoms with E-state index in [2.05, 4.69) is 32.8 Å². The summed E-state index contributed by atoms with van der Waals surface area (Å²) in [6, 6.07) is 7.66. The van der Waals surface area contributed by atoms with E-state index in [1.54, 1.807) is 25.0 Å². The predicted octanol–water partition coefficient (Wildman–Crippen LogP) is 1.72. The molecule has 1 saturated heterocycles. The predicted molar refractivity (Wildman–Crippen MR) is 121 cm³/mol. The molecule has 0 spiro atoms. The molecule has 2 heterocycles. The second-order valence-electron chi connectivity index (χ2n) is 6.85. The van der Waals surface area contributed by atoms with E-state index in [1.165, 1.54) is 0 Å². The third kappa shape index (κ3) is 6.58. The molecule has 2 N–H and O–H groups in total. The Hall–Kier alpha value is -1.84. The lowest BCUT2D eigenvalue weighted by atomic mass is 10.0. The maximum atomic E-state index is 12.8. The van der Waals surface area contributed by atoms with Crippen LogP contribution in [0.4, 0.5) is 0 Å². The molecule has 0 radical (unpaired) electrons. The van der Waals surface area contributed by atoms with Crippen molar-refractivity contribution < 1.29 is 14.3 Å². The van der Waals surface area contributed by atoms with Crippen LogP contribution in [0.3, 0.4) is 0 Å². The van der Waals surface area contributed by atoms with Gasteiger partial charge in [0.2, 0.25) is 5.91 Å². The second-order valence-corrected chi connectivity index (χ2v) is 6.85. The van der Waals surface area contributed by atoms with Crippen molar-refractivity contribution >= 4 is 30.7 Å². The van der Waals surface area contributed by atoms with E-state index in [0.29, 0.717) is 19.8 Å². The molecule has 1 amide bonds. The fraction of sp³-hybridized carbons (Fsp3) is 0.500. The molecule has 3 rings (SSSR count). The molecule has 1 aliphatic heterocycles. The summed E-state index contributed by atoms with van der Waals surface area (Å²) in [4.78, 5) is 15.2. The van der Waals surface area contributed by atoms with Gasteiger partial charge < -0.3 is 20.1 Å². The first-order valence-electron chi connectivity index (χ1n) is 9.51. The number of aromatic nitrogens is 2. The summed E-state index contributed by atoms with van der Waals surface area (Å²) in [7, 11) is 5.28. The van der Waals surface area contributed by atoms with Crippen LogP contribution in [-0.2, 0) is 16.6 Å². The molecule has 10 heteroatoms. The van der Waals surface area contributed by atoms with Gasteiger partial charge in [0.05, 0.1) is 32.6 Å². The fourth-order valence-corrected chi connectivity index (χ4v) is 3.51. The Morgan fingerprint density at radius 1 is 1.20 bits per heavy atom. The zero-order chi connectivity index (χ0) is 19.9. The number of hydrogen-bond donors (Lipinski definition) is 2. The normalized spacial score (nSPS) is 16.0. The highest BCUT2D eigenvalue weighted by Gasteiger charge is 2.26. The summed E-state index contributed by atoms with van der Waals surface area (Å²) in [6.07, 6.45) is 3.56. The van der Waals surface area contributed by atoms with E-state index >= 15 is 0 Å². The standard InChI is InChI=1S/C20H29N5O3.2ClH/c1-21-19(16-12-23-24(2)14-16)20(26)22-13-18(25-8-10-28-11-9-25)15-4-6-17(27-3)7-5-15;;/h4-7,12,14,18-19,21H,8-11,13H2,1-3H3,(H,22,26);2*1H. The number of rotatable bonds is 8. The van der Waals surface area contributed by atoms with E-state index in [-0.39, 0.29) is 36.8 Å². The molecule has 1 aromatic carbocycles. The SMILES string of the molecule is CNC(C(=O)NCC(c1ccc(OC)cc1)N1CCOCC1)c1cnn(C)c1.Cl.Cl. The van der Waals surface area contributed by atoms with E-state index < -0.39 is 6.04 Å². The van der Waals surface area contributed by atoms with Gasteiger partial charge in [0, 0.05) is 38.4 Å². The maximum absolute atomic E-state index is 12.8. The van der Waals surface area contributed by atoms with E-state index in [9.17, 15) is 4.79 Å². The van der Waals surface area contributed by atoms with Gasteiger partial charge in [0.1, 0.15) is 11.8 Å². The number of halogens is 2. The number of hydrogen-bond acceptors (Lipinski definition) is 6. The van der Waals surface area contributed by atoms with Crippen molar-refractivity contribution in [3.63, 3.8) is 0 Å². The van der Waals surface area contributed by atoms with Gasteiger partial charge in [-0.25, -0.2) is 0 Å². The maximum Gasteiger partial charge on any atom is 0.241 e. The minimum Gasteiger partial charge on any atom is -0.497 e. The topological polar surface area (TPSA) is 80.7 Å². The van der Waals surface area contributed by atoms with E-state index in [0.717, 1.165) is 30.0 Å². The largest absolute Gasteiger partial charge is 0.497 e. The zero-order valence-corrected chi connectivity index (χ0v) is 19.2. The van der Waals surface area contributed by atoms with Crippen LogP contribution in [0.15, 0.2) is 36.7 Å². The van der Waals surface area contributed by atoms with Crippen LogP contribution in [-0.4, -0.2) is 67.6 Å². The lowest BCUT2D eigenvalue weighted by molar-refractivity contribution is -0.123. The number of aryl methyl sites for hydroxylation is 1. The number of ether oxygens (including phenoxy) is 2. The van der Waals surface area contributed by atoms with Crippen LogP contribution in [0.2, 0.25) is 0 Å². The van der Waals surface area contributed by atoms with Gasteiger partial charge in [0.15, 0.2) is 0 Å². The highest BCUT2D eigenvalue weighted by Crippen LogP contribution is 2.24. The number of benzene rings is 1. The molecule has 0 aliphatic carbocycles. The minimum absolute atomic E-state index is 0. The molecular formula is C20H31Cl2N5O3. The van der Waals surface area contributed by atoms with Crippen molar-refractivity contribution in [1.29, 1.82) is 0 Å². The summed E-state index contributed by atoms with van der Waals surface area (Å²) in [6.45, 7) is 3.60. The van der Waals surface area contributed by atoms with Crippen molar-refractivity contribution in [2.24, 2.45) is 7.05 Å². The monoisotopic (exact) mass is 459 g/mol. The van der Waals surface area contributed by atoms with Gasteiger partial charge in [-0.05, 0) is 24.7 Å². The lowest BCUT2D eigenvalue weighted by Gasteiger charge is -2.35. The van der Waals surface area contributed by atoms with Crippen molar-refractivity contribution in [2.75, 3.05) is 47.0 Å². The number of carbonyl (C=O) groups excluding carboxylic acids is 1.